The maximum Gasteiger partial charge on any atom is 0.283 e. The molecule has 2 aromatic rings. The zero-order valence-electron chi connectivity index (χ0n) is 12.5. The SMILES string of the molecule is NC(=O)c1ccc(SCC(=O)Nc2ccc(F)cc2F)c([N+](=O)[O-])c1. The van der Waals surface area contributed by atoms with Crippen LogP contribution in [0.4, 0.5) is 20.2 Å². The summed E-state index contributed by atoms with van der Waals surface area (Å²) < 4.78 is 26.3. The van der Waals surface area contributed by atoms with Gasteiger partial charge in [-0.05, 0) is 24.3 Å². The van der Waals surface area contributed by atoms with Crippen molar-refractivity contribution < 1.29 is 23.3 Å². The number of anilines is 1. The fourth-order valence-electron chi connectivity index (χ4n) is 1.86. The van der Waals surface area contributed by atoms with Crippen molar-refractivity contribution in [3.05, 3.63) is 63.7 Å². The third-order valence-corrected chi connectivity index (χ3v) is 4.07. The van der Waals surface area contributed by atoms with Crippen LogP contribution in [0.2, 0.25) is 0 Å². The van der Waals surface area contributed by atoms with Gasteiger partial charge >= 0.3 is 0 Å². The van der Waals surface area contributed by atoms with Crippen LogP contribution in [-0.4, -0.2) is 22.5 Å². The van der Waals surface area contributed by atoms with E-state index in [0.29, 0.717) is 6.07 Å². The summed E-state index contributed by atoms with van der Waals surface area (Å²) in [5, 5.41) is 13.3. The van der Waals surface area contributed by atoms with Crippen molar-refractivity contribution in [2.45, 2.75) is 4.90 Å². The molecular weight excluding hydrogens is 356 g/mol. The number of halogens is 2. The van der Waals surface area contributed by atoms with Gasteiger partial charge in [0, 0.05) is 17.7 Å². The summed E-state index contributed by atoms with van der Waals surface area (Å²) in [5.74, 6) is -3.42. The molecule has 0 saturated carbocycles. The maximum absolute atomic E-state index is 13.5. The lowest BCUT2D eigenvalue weighted by atomic mass is 10.2. The van der Waals surface area contributed by atoms with Gasteiger partial charge in [-0.3, -0.25) is 19.7 Å². The molecule has 0 atom stereocenters. The fraction of sp³-hybridized carbons (Fsp3) is 0.0667. The highest BCUT2D eigenvalue weighted by molar-refractivity contribution is 8.00. The predicted molar refractivity (Wildman–Crippen MR) is 87.3 cm³/mol. The van der Waals surface area contributed by atoms with Crippen LogP contribution in [0.5, 0.6) is 0 Å². The van der Waals surface area contributed by atoms with E-state index in [1.807, 2.05) is 0 Å². The van der Waals surface area contributed by atoms with Crippen LogP contribution in [0.25, 0.3) is 0 Å². The van der Waals surface area contributed by atoms with E-state index in [-0.39, 0.29) is 27.6 Å². The lowest BCUT2D eigenvalue weighted by Gasteiger charge is -2.07. The Morgan fingerprint density at radius 3 is 2.52 bits per heavy atom. The van der Waals surface area contributed by atoms with Crippen LogP contribution < -0.4 is 11.1 Å². The summed E-state index contributed by atoms with van der Waals surface area (Å²) in [6, 6.07) is 6.29. The number of benzene rings is 2. The number of nitrogens with one attached hydrogen (secondary N) is 1. The molecule has 0 aliphatic heterocycles. The Kier molecular flexibility index (Phi) is 5.65. The van der Waals surface area contributed by atoms with Crippen LogP contribution in [-0.2, 0) is 4.79 Å². The molecule has 3 N–H and O–H groups in total. The minimum absolute atomic E-state index is 0.0334. The molecule has 0 radical (unpaired) electrons. The summed E-state index contributed by atoms with van der Waals surface area (Å²) in [4.78, 5) is 33.4. The maximum atomic E-state index is 13.5. The number of carbonyl (C=O) groups is 2. The predicted octanol–water partition coefficient (Wildman–Crippen LogP) is 2.70. The number of hydrogen-bond acceptors (Lipinski definition) is 5. The molecule has 0 aliphatic carbocycles. The molecule has 25 heavy (non-hydrogen) atoms. The molecule has 0 unspecified atom stereocenters. The summed E-state index contributed by atoms with van der Waals surface area (Å²) in [7, 11) is 0. The van der Waals surface area contributed by atoms with Crippen molar-refractivity contribution in [1.29, 1.82) is 0 Å². The summed E-state index contributed by atoms with van der Waals surface area (Å²) in [5.41, 5.74) is 4.46. The van der Waals surface area contributed by atoms with Crippen LogP contribution in [0.1, 0.15) is 10.4 Å². The molecule has 0 aliphatic rings. The molecule has 2 amide bonds. The normalized spacial score (nSPS) is 10.3. The molecular formula is C15H11F2N3O4S. The topological polar surface area (TPSA) is 115 Å². The van der Waals surface area contributed by atoms with E-state index in [1.54, 1.807) is 0 Å². The first-order valence-electron chi connectivity index (χ1n) is 6.74. The minimum atomic E-state index is -0.935. The highest BCUT2D eigenvalue weighted by atomic mass is 32.2. The second kappa shape index (κ2) is 7.71. The Morgan fingerprint density at radius 2 is 1.92 bits per heavy atom. The van der Waals surface area contributed by atoms with Gasteiger partial charge in [-0.25, -0.2) is 8.78 Å². The van der Waals surface area contributed by atoms with E-state index >= 15 is 0 Å². The van der Waals surface area contributed by atoms with E-state index in [9.17, 15) is 28.5 Å². The molecule has 0 bridgehead atoms. The zero-order chi connectivity index (χ0) is 18.6. The number of nitro benzene ring substituents is 1. The average molecular weight is 367 g/mol. The number of thioether (sulfide) groups is 1. The second-order valence-electron chi connectivity index (χ2n) is 4.76. The summed E-state index contributed by atoms with van der Waals surface area (Å²) >= 11 is 0.830. The molecule has 0 saturated heterocycles. The Hall–Kier alpha value is -3.01. The Labute approximate surface area is 144 Å². The van der Waals surface area contributed by atoms with Gasteiger partial charge in [0.2, 0.25) is 11.8 Å². The van der Waals surface area contributed by atoms with E-state index in [0.717, 1.165) is 30.0 Å². The first-order chi connectivity index (χ1) is 11.8. The van der Waals surface area contributed by atoms with E-state index < -0.39 is 28.4 Å². The first-order valence-corrected chi connectivity index (χ1v) is 7.72. The highest BCUT2D eigenvalue weighted by Crippen LogP contribution is 2.30. The van der Waals surface area contributed by atoms with Gasteiger partial charge in [-0.15, -0.1) is 11.8 Å². The Bertz CT molecular complexity index is 861. The Balaban J connectivity index is 2.08. The van der Waals surface area contributed by atoms with Crippen molar-refractivity contribution >= 4 is 35.0 Å². The van der Waals surface area contributed by atoms with Crippen LogP contribution >= 0.6 is 11.8 Å². The molecule has 0 heterocycles. The largest absolute Gasteiger partial charge is 0.366 e. The number of hydrogen-bond donors (Lipinski definition) is 2. The molecule has 0 spiro atoms. The first kappa shape index (κ1) is 18.3. The minimum Gasteiger partial charge on any atom is -0.366 e. The number of rotatable bonds is 6. The quantitative estimate of drug-likeness (QED) is 0.463. The van der Waals surface area contributed by atoms with E-state index in [4.69, 9.17) is 5.73 Å². The second-order valence-corrected chi connectivity index (χ2v) is 5.78. The number of carbonyl (C=O) groups excluding carboxylic acids is 2. The molecule has 0 aromatic heterocycles. The molecule has 130 valence electrons. The van der Waals surface area contributed by atoms with Gasteiger partial charge in [0.15, 0.2) is 0 Å². The van der Waals surface area contributed by atoms with Gasteiger partial charge in [0.05, 0.1) is 21.3 Å². The zero-order valence-corrected chi connectivity index (χ0v) is 13.3. The van der Waals surface area contributed by atoms with Gasteiger partial charge in [0.1, 0.15) is 11.6 Å². The van der Waals surface area contributed by atoms with E-state index in [2.05, 4.69) is 5.32 Å². The third kappa shape index (κ3) is 4.73. The highest BCUT2D eigenvalue weighted by Gasteiger charge is 2.18. The molecule has 2 rings (SSSR count). The molecule has 2 aromatic carbocycles. The fourth-order valence-corrected chi connectivity index (χ4v) is 2.66. The van der Waals surface area contributed by atoms with Crippen LogP contribution in [0.3, 0.4) is 0 Å². The molecule has 7 nitrogen and oxygen atoms in total. The third-order valence-electron chi connectivity index (χ3n) is 3.00. The van der Waals surface area contributed by atoms with E-state index in [1.165, 1.54) is 12.1 Å². The van der Waals surface area contributed by atoms with Crippen molar-refractivity contribution in [2.24, 2.45) is 5.73 Å². The monoisotopic (exact) mass is 367 g/mol. The van der Waals surface area contributed by atoms with Gasteiger partial charge in [-0.1, -0.05) is 0 Å². The average Bonchev–Trinajstić information content (AvgIpc) is 2.55. The van der Waals surface area contributed by atoms with Crippen molar-refractivity contribution in [3.8, 4) is 0 Å². The van der Waals surface area contributed by atoms with Gasteiger partial charge < -0.3 is 11.1 Å². The number of nitro groups is 1. The van der Waals surface area contributed by atoms with Crippen LogP contribution in [0.15, 0.2) is 41.3 Å². The summed E-state index contributed by atoms with van der Waals surface area (Å²) in [6.45, 7) is 0. The lowest BCUT2D eigenvalue weighted by molar-refractivity contribution is -0.387. The Morgan fingerprint density at radius 1 is 1.20 bits per heavy atom. The van der Waals surface area contributed by atoms with Crippen molar-refractivity contribution in [3.63, 3.8) is 0 Å². The number of nitrogens with two attached hydrogens (primary N) is 1. The lowest BCUT2D eigenvalue weighted by Crippen LogP contribution is -2.15. The van der Waals surface area contributed by atoms with Crippen LogP contribution in [0, 0.1) is 21.7 Å². The number of primary amides is 1. The number of nitrogens with zero attached hydrogens (tertiary/aromatic N) is 1. The standard InChI is InChI=1S/C15H11F2N3O4S/c16-9-2-3-11(10(17)6-9)19-14(21)7-25-13-4-1-8(15(18)22)5-12(13)20(23)24/h1-6H,7H2,(H2,18,22)(H,19,21). The molecule has 0 fully saturated rings. The molecule has 10 heteroatoms. The van der Waals surface area contributed by atoms with Crippen molar-refractivity contribution in [1.82, 2.24) is 0 Å². The summed E-state index contributed by atoms with van der Waals surface area (Å²) in [6.07, 6.45) is 0. The smallest absolute Gasteiger partial charge is 0.283 e. The van der Waals surface area contributed by atoms with Gasteiger partial charge in [-0.2, -0.15) is 0 Å². The van der Waals surface area contributed by atoms with Crippen molar-refractivity contribution in [2.75, 3.05) is 11.1 Å². The van der Waals surface area contributed by atoms with Gasteiger partial charge in [0.25, 0.3) is 5.69 Å². The number of amides is 2.